The van der Waals surface area contributed by atoms with Gasteiger partial charge in [-0.2, -0.15) is 0 Å². The van der Waals surface area contributed by atoms with Crippen LogP contribution in [-0.2, 0) is 0 Å². The molecule has 1 saturated heterocycles. The molecule has 0 aromatic heterocycles. The molecular weight excluding hydrogens is 311 g/mol. The monoisotopic (exact) mass is 330 g/mol. The van der Waals surface area contributed by atoms with Crippen molar-refractivity contribution in [2.45, 2.75) is 0 Å². The van der Waals surface area contributed by atoms with E-state index in [1.165, 1.54) is 6.07 Å². The van der Waals surface area contributed by atoms with Crippen molar-refractivity contribution in [1.29, 1.82) is 0 Å². The molecule has 1 amide bonds. The fourth-order valence-corrected chi connectivity index (χ4v) is 2.69. The van der Waals surface area contributed by atoms with Gasteiger partial charge < -0.3 is 16.0 Å². The van der Waals surface area contributed by atoms with Gasteiger partial charge in [0, 0.05) is 45.0 Å². The van der Waals surface area contributed by atoms with Gasteiger partial charge in [0.05, 0.1) is 15.6 Å². The summed E-state index contributed by atoms with van der Waals surface area (Å²) in [6.07, 6.45) is 0. The maximum atomic E-state index is 12.1. The number of nitrogens with zero attached hydrogens (tertiary/aromatic N) is 2. The fourth-order valence-electron chi connectivity index (χ4n) is 2.27. The van der Waals surface area contributed by atoms with Crippen LogP contribution < -0.4 is 11.1 Å². The van der Waals surface area contributed by atoms with Crippen LogP contribution in [0.2, 0.25) is 10.0 Å². The van der Waals surface area contributed by atoms with E-state index in [0.29, 0.717) is 22.8 Å². The summed E-state index contributed by atoms with van der Waals surface area (Å²) in [5.74, 6) is -0.247. The Morgan fingerprint density at radius 3 is 2.62 bits per heavy atom. The zero-order chi connectivity index (χ0) is 15.4. The number of nitrogens with two attached hydrogens (primary N) is 1. The molecule has 2 rings (SSSR count). The van der Waals surface area contributed by atoms with E-state index in [9.17, 15) is 4.79 Å². The van der Waals surface area contributed by atoms with Gasteiger partial charge in [-0.05, 0) is 19.2 Å². The molecule has 5 nitrogen and oxygen atoms in total. The zero-order valence-electron chi connectivity index (χ0n) is 12.0. The normalized spacial score (nSPS) is 16.9. The predicted octanol–water partition coefficient (Wildman–Crippen LogP) is 1.55. The highest BCUT2D eigenvalue weighted by atomic mass is 35.5. The second kappa shape index (κ2) is 7.31. The first-order valence-corrected chi connectivity index (χ1v) is 7.66. The zero-order valence-corrected chi connectivity index (χ0v) is 13.5. The molecule has 0 saturated carbocycles. The lowest BCUT2D eigenvalue weighted by atomic mass is 10.2. The number of hydrogen-bond donors (Lipinski definition) is 2. The van der Waals surface area contributed by atoms with Crippen molar-refractivity contribution in [2.24, 2.45) is 0 Å². The van der Waals surface area contributed by atoms with Gasteiger partial charge in [-0.25, -0.2) is 0 Å². The van der Waals surface area contributed by atoms with Crippen molar-refractivity contribution in [3.63, 3.8) is 0 Å². The Balaban J connectivity index is 1.85. The van der Waals surface area contributed by atoms with Crippen LogP contribution in [0.15, 0.2) is 12.1 Å². The Morgan fingerprint density at radius 1 is 1.29 bits per heavy atom. The molecule has 21 heavy (non-hydrogen) atoms. The van der Waals surface area contributed by atoms with E-state index in [2.05, 4.69) is 22.2 Å². The van der Waals surface area contributed by atoms with Crippen molar-refractivity contribution in [3.8, 4) is 0 Å². The highest BCUT2D eigenvalue weighted by Gasteiger charge is 2.16. The van der Waals surface area contributed by atoms with Crippen LogP contribution in [0.3, 0.4) is 0 Å². The summed E-state index contributed by atoms with van der Waals surface area (Å²) >= 11 is 12.0. The molecule has 0 spiro atoms. The van der Waals surface area contributed by atoms with Gasteiger partial charge >= 0.3 is 0 Å². The molecule has 0 radical (unpaired) electrons. The number of carbonyl (C=O) groups is 1. The molecule has 1 heterocycles. The highest BCUT2D eigenvalue weighted by molar-refractivity contribution is 6.44. The van der Waals surface area contributed by atoms with Crippen LogP contribution in [0.1, 0.15) is 10.4 Å². The molecule has 1 aliphatic rings. The Hall–Kier alpha value is -1.01. The second-order valence-electron chi connectivity index (χ2n) is 5.27. The first-order chi connectivity index (χ1) is 9.97. The molecule has 1 aliphatic heterocycles. The van der Waals surface area contributed by atoms with E-state index in [0.717, 1.165) is 32.7 Å². The van der Waals surface area contributed by atoms with E-state index in [1.54, 1.807) is 6.07 Å². The maximum absolute atomic E-state index is 12.1. The largest absolute Gasteiger partial charge is 0.399 e. The fraction of sp³-hybridized carbons (Fsp3) is 0.500. The molecule has 1 aromatic rings. The number of benzene rings is 1. The topological polar surface area (TPSA) is 61.6 Å². The molecular formula is C14H20Cl2N4O. The minimum atomic E-state index is -0.247. The van der Waals surface area contributed by atoms with Crippen molar-refractivity contribution >= 4 is 34.8 Å². The number of anilines is 1. The van der Waals surface area contributed by atoms with Gasteiger partial charge in [-0.1, -0.05) is 23.2 Å². The Labute approximate surface area is 135 Å². The summed E-state index contributed by atoms with van der Waals surface area (Å²) in [6.45, 7) is 5.57. The number of nitrogen functional groups attached to an aromatic ring is 1. The van der Waals surface area contributed by atoms with Gasteiger partial charge in [0.1, 0.15) is 0 Å². The lowest BCUT2D eigenvalue weighted by molar-refractivity contribution is 0.0941. The molecule has 1 fully saturated rings. The summed E-state index contributed by atoms with van der Waals surface area (Å²) in [4.78, 5) is 16.8. The number of halogens is 2. The quantitative estimate of drug-likeness (QED) is 0.822. The van der Waals surface area contributed by atoms with Gasteiger partial charge in [-0.3, -0.25) is 9.69 Å². The summed E-state index contributed by atoms with van der Waals surface area (Å²) < 4.78 is 0. The Bertz CT molecular complexity index is 516. The minimum absolute atomic E-state index is 0.239. The third-order valence-electron chi connectivity index (χ3n) is 3.60. The molecule has 0 unspecified atom stereocenters. The third kappa shape index (κ3) is 4.48. The highest BCUT2D eigenvalue weighted by Crippen LogP contribution is 2.28. The minimum Gasteiger partial charge on any atom is -0.399 e. The maximum Gasteiger partial charge on any atom is 0.252 e. The van der Waals surface area contributed by atoms with Gasteiger partial charge in [0.15, 0.2) is 0 Å². The van der Waals surface area contributed by atoms with E-state index in [4.69, 9.17) is 28.9 Å². The van der Waals surface area contributed by atoms with Crippen LogP contribution in [0.25, 0.3) is 0 Å². The Morgan fingerprint density at radius 2 is 1.95 bits per heavy atom. The predicted molar refractivity (Wildman–Crippen MR) is 87.1 cm³/mol. The van der Waals surface area contributed by atoms with E-state index in [-0.39, 0.29) is 10.9 Å². The first kappa shape index (κ1) is 16.4. The smallest absolute Gasteiger partial charge is 0.252 e. The van der Waals surface area contributed by atoms with Crippen molar-refractivity contribution in [3.05, 3.63) is 27.7 Å². The summed E-state index contributed by atoms with van der Waals surface area (Å²) in [5.41, 5.74) is 6.43. The Kier molecular flexibility index (Phi) is 5.70. The lowest BCUT2D eigenvalue weighted by Crippen LogP contribution is -2.46. The van der Waals surface area contributed by atoms with E-state index in [1.807, 2.05) is 0 Å². The molecule has 116 valence electrons. The summed E-state index contributed by atoms with van der Waals surface area (Å²) in [6, 6.07) is 3.07. The van der Waals surface area contributed by atoms with Gasteiger partial charge in [0.2, 0.25) is 0 Å². The molecule has 0 atom stereocenters. The molecule has 0 aliphatic carbocycles. The molecule has 0 bridgehead atoms. The average molecular weight is 331 g/mol. The van der Waals surface area contributed by atoms with Crippen LogP contribution >= 0.6 is 23.2 Å². The molecule has 3 N–H and O–H groups in total. The number of likely N-dealkylation sites (N-methyl/N-ethyl adjacent to an activating group) is 1. The summed E-state index contributed by atoms with van der Waals surface area (Å²) in [5, 5.41) is 3.39. The number of hydrogen-bond acceptors (Lipinski definition) is 4. The number of rotatable bonds is 4. The third-order valence-corrected chi connectivity index (χ3v) is 4.41. The number of carbonyl (C=O) groups excluding carboxylic acids is 1. The van der Waals surface area contributed by atoms with Crippen LogP contribution in [0.5, 0.6) is 0 Å². The standard InChI is InChI=1S/C14H20Cl2N4O/c1-19-4-6-20(7-5-19)3-2-18-14(21)11-8-10(17)9-12(15)13(11)16/h8-9H,2-7,17H2,1H3,(H,18,21). The van der Waals surface area contributed by atoms with Crippen LogP contribution in [0, 0.1) is 0 Å². The number of amides is 1. The van der Waals surface area contributed by atoms with E-state index < -0.39 is 0 Å². The van der Waals surface area contributed by atoms with Crippen molar-refractivity contribution < 1.29 is 4.79 Å². The average Bonchev–Trinajstić information content (AvgIpc) is 2.44. The second-order valence-corrected chi connectivity index (χ2v) is 6.05. The first-order valence-electron chi connectivity index (χ1n) is 6.91. The molecule has 7 heteroatoms. The summed E-state index contributed by atoms with van der Waals surface area (Å²) in [7, 11) is 2.12. The van der Waals surface area contributed by atoms with Gasteiger partial charge in [-0.15, -0.1) is 0 Å². The SMILES string of the molecule is CN1CCN(CCNC(=O)c2cc(N)cc(Cl)c2Cl)CC1. The number of piperazine rings is 1. The van der Waals surface area contributed by atoms with Crippen LogP contribution in [-0.4, -0.2) is 62.0 Å². The van der Waals surface area contributed by atoms with E-state index >= 15 is 0 Å². The van der Waals surface area contributed by atoms with Crippen LogP contribution in [0.4, 0.5) is 5.69 Å². The van der Waals surface area contributed by atoms with Crippen molar-refractivity contribution in [2.75, 3.05) is 52.0 Å². The van der Waals surface area contributed by atoms with Crippen molar-refractivity contribution in [1.82, 2.24) is 15.1 Å². The number of nitrogens with one attached hydrogen (secondary N) is 1. The van der Waals surface area contributed by atoms with Gasteiger partial charge in [0.25, 0.3) is 5.91 Å². The molecule has 1 aromatic carbocycles. The lowest BCUT2D eigenvalue weighted by Gasteiger charge is -2.32.